The summed E-state index contributed by atoms with van der Waals surface area (Å²) in [5.74, 6) is -2.50. The van der Waals surface area contributed by atoms with Gasteiger partial charge in [-0.3, -0.25) is 0 Å². The maximum Gasteiger partial charge on any atom is 0.339 e. The van der Waals surface area contributed by atoms with Crippen LogP contribution in [0.3, 0.4) is 0 Å². The van der Waals surface area contributed by atoms with Gasteiger partial charge in [-0.25, -0.2) is 19.2 Å². The number of unbranched alkanes of at least 4 members (excludes halogenated alkanes) is 13. The standard InChI is InChI=1S/C30H50O4.C8H6O4/c1-4-5-24-33-29(31)27-22-18-19-23-28(27)30(32)34-25-20-16-14-12-10-8-6-7-9-11-13-15-17-21-26(2)3;9-7(10)5-3-1-2-4-6(5)8(11)12/h18-19,22-23,26H,4-17,20-21,24-25H2,1-3H3;1-4H,(H,9,10)(H,11,12). The first kappa shape index (κ1) is 40.3. The second-order valence-electron chi connectivity index (χ2n) is 12.1. The van der Waals surface area contributed by atoms with Crippen molar-refractivity contribution in [1.29, 1.82) is 0 Å². The fourth-order valence-corrected chi connectivity index (χ4v) is 4.92. The summed E-state index contributed by atoms with van der Waals surface area (Å²) in [6, 6.07) is 12.2. The number of carbonyl (C=O) groups excluding carboxylic acids is 2. The van der Waals surface area contributed by atoms with Gasteiger partial charge in [0, 0.05) is 0 Å². The van der Waals surface area contributed by atoms with E-state index in [1.165, 1.54) is 101 Å². The van der Waals surface area contributed by atoms with Gasteiger partial charge in [0.2, 0.25) is 0 Å². The van der Waals surface area contributed by atoms with E-state index in [0.717, 1.165) is 31.6 Å². The summed E-state index contributed by atoms with van der Waals surface area (Å²) in [5.41, 5.74) is 0.198. The molecule has 0 atom stereocenters. The number of carboxylic acids is 2. The summed E-state index contributed by atoms with van der Waals surface area (Å²) >= 11 is 0. The zero-order valence-corrected chi connectivity index (χ0v) is 28.3. The molecule has 2 aromatic rings. The largest absolute Gasteiger partial charge is 0.478 e. The Bertz CT molecular complexity index is 1120. The topological polar surface area (TPSA) is 127 Å². The fraction of sp³-hybridized carbons (Fsp3) is 0.579. The van der Waals surface area contributed by atoms with Crippen LogP contribution in [0.15, 0.2) is 48.5 Å². The van der Waals surface area contributed by atoms with Gasteiger partial charge in [0.1, 0.15) is 0 Å². The van der Waals surface area contributed by atoms with Crippen molar-refractivity contribution in [2.75, 3.05) is 13.2 Å². The van der Waals surface area contributed by atoms with Crippen LogP contribution in [-0.2, 0) is 9.47 Å². The van der Waals surface area contributed by atoms with Crippen molar-refractivity contribution >= 4 is 23.9 Å². The van der Waals surface area contributed by atoms with Crippen molar-refractivity contribution in [1.82, 2.24) is 0 Å². The van der Waals surface area contributed by atoms with E-state index in [0.29, 0.717) is 18.8 Å². The quantitative estimate of drug-likeness (QED) is 0.0907. The third-order valence-electron chi connectivity index (χ3n) is 7.64. The third kappa shape index (κ3) is 18.3. The van der Waals surface area contributed by atoms with E-state index in [1.807, 2.05) is 6.92 Å². The van der Waals surface area contributed by atoms with Gasteiger partial charge < -0.3 is 19.7 Å². The minimum atomic E-state index is -1.23. The highest BCUT2D eigenvalue weighted by Gasteiger charge is 2.19. The van der Waals surface area contributed by atoms with Crippen molar-refractivity contribution < 1.29 is 38.9 Å². The van der Waals surface area contributed by atoms with Crippen molar-refractivity contribution in [3.63, 3.8) is 0 Å². The maximum atomic E-state index is 12.4. The number of rotatable bonds is 23. The second-order valence-corrected chi connectivity index (χ2v) is 12.1. The zero-order valence-electron chi connectivity index (χ0n) is 28.3. The van der Waals surface area contributed by atoms with Gasteiger partial charge in [-0.05, 0) is 43.0 Å². The lowest BCUT2D eigenvalue weighted by atomic mass is 10.0. The molecular weight excluding hydrogens is 584 g/mol. The van der Waals surface area contributed by atoms with E-state index in [-0.39, 0.29) is 16.7 Å². The third-order valence-corrected chi connectivity index (χ3v) is 7.64. The molecule has 0 unspecified atom stereocenters. The van der Waals surface area contributed by atoms with E-state index in [4.69, 9.17) is 19.7 Å². The molecule has 0 heterocycles. The summed E-state index contributed by atoms with van der Waals surface area (Å²) in [6.45, 7) is 7.43. The Morgan fingerprint density at radius 1 is 0.522 bits per heavy atom. The average molecular weight is 641 g/mol. The van der Waals surface area contributed by atoms with Crippen molar-refractivity contribution in [3.8, 4) is 0 Å². The SMILES string of the molecule is CCCCOC(=O)c1ccccc1C(=O)OCCCCCCCCCCCCCCCC(C)C.O=C(O)c1ccccc1C(=O)O. The van der Waals surface area contributed by atoms with E-state index in [9.17, 15) is 19.2 Å². The molecule has 0 spiro atoms. The molecule has 2 rings (SSSR count). The number of carbonyl (C=O) groups is 4. The molecule has 0 amide bonds. The first-order valence-corrected chi connectivity index (χ1v) is 17.2. The lowest BCUT2D eigenvalue weighted by molar-refractivity contribution is 0.0451. The van der Waals surface area contributed by atoms with Gasteiger partial charge in [-0.1, -0.05) is 135 Å². The second kappa shape index (κ2) is 25.5. The monoisotopic (exact) mass is 640 g/mol. The van der Waals surface area contributed by atoms with Crippen LogP contribution in [0.5, 0.6) is 0 Å². The molecule has 0 aromatic heterocycles. The fourth-order valence-electron chi connectivity index (χ4n) is 4.92. The molecule has 256 valence electrons. The van der Waals surface area contributed by atoms with Crippen LogP contribution in [0.2, 0.25) is 0 Å². The molecule has 0 radical (unpaired) electrons. The molecule has 0 aliphatic heterocycles. The molecule has 8 nitrogen and oxygen atoms in total. The van der Waals surface area contributed by atoms with E-state index >= 15 is 0 Å². The molecule has 2 N–H and O–H groups in total. The Labute approximate surface area is 275 Å². The Morgan fingerprint density at radius 2 is 0.848 bits per heavy atom. The minimum Gasteiger partial charge on any atom is -0.478 e. The Morgan fingerprint density at radius 3 is 1.20 bits per heavy atom. The van der Waals surface area contributed by atoms with Crippen LogP contribution >= 0.6 is 0 Å². The van der Waals surface area contributed by atoms with Crippen LogP contribution in [0.1, 0.15) is 165 Å². The van der Waals surface area contributed by atoms with Crippen LogP contribution in [-0.4, -0.2) is 47.3 Å². The number of hydrogen-bond acceptors (Lipinski definition) is 6. The number of aromatic carboxylic acids is 2. The van der Waals surface area contributed by atoms with Crippen LogP contribution < -0.4 is 0 Å². The highest BCUT2D eigenvalue weighted by molar-refractivity contribution is 6.03. The molecule has 0 saturated heterocycles. The van der Waals surface area contributed by atoms with Gasteiger partial charge >= 0.3 is 23.9 Å². The summed E-state index contributed by atoms with van der Waals surface area (Å²) in [7, 11) is 0. The van der Waals surface area contributed by atoms with Crippen molar-refractivity contribution in [2.45, 2.75) is 124 Å². The predicted octanol–water partition coefficient (Wildman–Crippen LogP) is 10.0. The molecule has 0 fully saturated rings. The Hall–Kier alpha value is -3.68. The maximum absolute atomic E-state index is 12.4. The number of benzene rings is 2. The van der Waals surface area contributed by atoms with Gasteiger partial charge in [0.25, 0.3) is 0 Å². The number of hydrogen-bond donors (Lipinski definition) is 2. The first-order valence-electron chi connectivity index (χ1n) is 17.2. The van der Waals surface area contributed by atoms with E-state index in [2.05, 4.69) is 13.8 Å². The zero-order chi connectivity index (χ0) is 34.0. The lowest BCUT2D eigenvalue weighted by Crippen LogP contribution is -2.15. The summed E-state index contributed by atoms with van der Waals surface area (Å²) in [4.78, 5) is 45.6. The normalized spacial score (nSPS) is 10.6. The molecule has 0 aliphatic rings. The van der Waals surface area contributed by atoms with Gasteiger partial charge in [0.05, 0.1) is 35.5 Å². The summed E-state index contributed by atoms with van der Waals surface area (Å²) in [5, 5.41) is 17.1. The van der Waals surface area contributed by atoms with E-state index < -0.39 is 23.9 Å². The highest BCUT2D eigenvalue weighted by Crippen LogP contribution is 2.16. The lowest BCUT2D eigenvalue weighted by Gasteiger charge is -2.09. The number of carboxylic acid groups (broad SMARTS) is 2. The molecule has 2 aromatic carbocycles. The number of ether oxygens (including phenoxy) is 2. The minimum absolute atomic E-state index is 0.190. The Kier molecular flexibility index (Phi) is 22.4. The van der Waals surface area contributed by atoms with Gasteiger partial charge in [-0.15, -0.1) is 0 Å². The van der Waals surface area contributed by atoms with Gasteiger partial charge in [0.15, 0.2) is 0 Å². The first-order chi connectivity index (χ1) is 22.2. The molecule has 0 aliphatic carbocycles. The van der Waals surface area contributed by atoms with E-state index in [1.54, 1.807) is 24.3 Å². The molecule has 0 bridgehead atoms. The summed E-state index contributed by atoms with van der Waals surface area (Å²) in [6.07, 6.45) is 20.0. The van der Waals surface area contributed by atoms with Crippen LogP contribution in [0.25, 0.3) is 0 Å². The van der Waals surface area contributed by atoms with Crippen molar-refractivity contribution in [2.24, 2.45) is 5.92 Å². The van der Waals surface area contributed by atoms with Gasteiger partial charge in [-0.2, -0.15) is 0 Å². The molecule has 8 heteroatoms. The predicted molar refractivity (Wildman–Crippen MR) is 182 cm³/mol. The van der Waals surface area contributed by atoms with Crippen LogP contribution in [0.4, 0.5) is 0 Å². The Balaban J connectivity index is 0.000000733. The molecule has 46 heavy (non-hydrogen) atoms. The average Bonchev–Trinajstić information content (AvgIpc) is 3.04. The summed E-state index contributed by atoms with van der Waals surface area (Å²) < 4.78 is 10.7. The van der Waals surface area contributed by atoms with Crippen molar-refractivity contribution in [3.05, 3.63) is 70.8 Å². The highest BCUT2D eigenvalue weighted by atomic mass is 16.5. The molecule has 0 saturated carbocycles. The van der Waals surface area contributed by atoms with Crippen LogP contribution in [0, 0.1) is 5.92 Å². The molecular formula is C38H56O8. The number of esters is 2. The smallest absolute Gasteiger partial charge is 0.339 e.